The van der Waals surface area contributed by atoms with Gasteiger partial charge in [-0.2, -0.15) is 5.10 Å². The quantitative estimate of drug-likeness (QED) is 0.853. The SMILES string of the molecule is CCOc1ccccc1-c1cc(/C=C/C(=O)O)c(=O)n(C)n1. The summed E-state index contributed by atoms with van der Waals surface area (Å²) in [6.45, 7) is 2.39. The van der Waals surface area contributed by atoms with Crippen molar-refractivity contribution in [1.82, 2.24) is 9.78 Å². The summed E-state index contributed by atoms with van der Waals surface area (Å²) in [4.78, 5) is 22.6. The van der Waals surface area contributed by atoms with Crippen molar-refractivity contribution in [3.63, 3.8) is 0 Å². The van der Waals surface area contributed by atoms with Gasteiger partial charge in [0.2, 0.25) is 0 Å². The molecular weight excluding hydrogens is 284 g/mol. The first-order valence-corrected chi connectivity index (χ1v) is 6.74. The first kappa shape index (κ1) is 15.5. The first-order valence-electron chi connectivity index (χ1n) is 6.74. The molecule has 0 atom stereocenters. The number of aromatic nitrogens is 2. The maximum absolute atomic E-state index is 12.0. The highest BCUT2D eigenvalue weighted by atomic mass is 16.5. The highest BCUT2D eigenvalue weighted by Gasteiger charge is 2.10. The fourth-order valence-electron chi connectivity index (χ4n) is 2.00. The van der Waals surface area contributed by atoms with Crippen LogP contribution in [0.5, 0.6) is 5.75 Å². The van der Waals surface area contributed by atoms with Crippen molar-refractivity contribution in [2.45, 2.75) is 6.92 Å². The van der Waals surface area contributed by atoms with Gasteiger partial charge in [-0.25, -0.2) is 9.48 Å². The second-order valence-corrected chi connectivity index (χ2v) is 4.51. The average Bonchev–Trinajstić information content (AvgIpc) is 2.49. The van der Waals surface area contributed by atoms with E-state index in [1.54, 1.807) is 6.07 Å². The number of para-hydroxylation sites is 1. The number of benzene rings is 1. The molecule has 0 amide bonds. The Morgan fingerprint density at radius 1 is 1.41 bits per heavy atom. The smallest absolute Gasteiger partial charge is 0.328 e. The molecule has 114 valence electrons. The first-order chi connectivity index (χ1) is 10.5. The Morgan fingerprint density at radius 2 is 2.14 bits per heavy atom. The second kappa shape index (κ2) is 6.71. The molecule has 1 heterocycles. The number of carbonyl (C=O) groups is 1. The summed E-state index contributed by atoms with van der Waals surface area (Å²) in [6, 6.07) is 8.90. The van der Waals surface area contributed by atoms with E-state index in [9.17, 15) is 9.59 Å². The second-order valence-electron chi connectivity index (χ2n) is 4.51. The van der Waals surface area contributed by atoms with Gasteiger partial charge in [-0.15, -0.1) is 0 Å². The van der Waals surface area contributed by atoms with Crippen molar-refractivity contribution < 1.29 is 14.6 Å². The Hall–Kier alpha value is -2.89. The molecule has 0 aliphatic heterocycles. The summed E-state index contributed by atoms with van der Waals surface area (Å²) in [5.74, 6) is -0.459. The molecule has 6 nitrogen and oxygen atoms in total. The summed E-state index contributed by atoms with van der Waals surface area (Å²) < 4.78 is 6.74. The van der Waals surface area contributed by atoms with E-state index >= 15 is 0 Å². The highest BCUT2D eigenvalue weighted by Crippen LogP contribution is 2.28. The minimum absolute atomic E-state index is 0.251. The Labute approximate surface area is 127 Å². The summed E-state index contributed by atoms with van der Waals surface area (Å²) in [6.07, 6.45) is 2.19. The van der Waals surface area contributed by atoms with E-state index in [1.807, 2.05) is 31.2 Å². The van der Waals surface area contributed by atoms with Gasteiger partial charge in [-0.3, -0.25) is 4.79 Å². The van der Waals surface area contributed by atoms with Gasteiger partial charge in [-0.05, 0) is 31.2 Å². The van der Waals surface area contributed by atoms with Crippen molar-refractivity contribution in [2.75, 3.05) is 6.61 Å². The molecule has 0 saturated carbocycles. The standard InChI is InChI=1S/C16H16N2O4/c1-3-22-14-7-5-4-6-12(14)13-10-11(8-9-15(19)20)16(21)18(2)17-13/h4-10H,3H2,1-2H3,(H,19,20)/b9-8+. The lowest BCUT2D eigenvalue weighted by Crippen LogP contribution is -2.22. The van der Waals surface area contributed by atoms with E-state index in [1.165, 1.54) is 17.8 Å². The van der Waals surface area contributed by atoms with Crippen LogP contribution in [0.1, 0.15) is 12.5 Å². The summed E-state index contributed by atoms with van der Waals surface area (Å²) >= 11 is 0. The Bertz CT molecular complexity index is 778. The zero-order valence-corrected chi connectivity index (χ0v) is 12.3. The zero-order valence-electron chi connectivity index (χ0n) is 12.3. The van der Waals surface area contributed by atoms with E-state index in [0.29, 0.717) is 18.1 Å². The van der Waals surface area contributed by atoms with Gasteiger partial charge in [0, 0.05) is 24.3 Å². The fourth-order valence-corrected chi connectivity index (χ4v) is 2.00. The molecule has 0 spiro atoms. The lowest BCUT2D eigenvalue weighted by atomic mass is 10.1. The largest absolute Gasteiger partial charge is 0.493 e. The number of hydrogen-bond donors (Lipinski definition) is 1. The van der Waals surface area contributed by atoms with Crippen LogP contribution in [0.25, 0.3) is 17.3 Å². The fraction of sp³-hybridized carbons (Fsp3) is 0.188. The highest BCUT2D eigenvalue weighted by molar-refractivity contribution is 5.85. The minimum Gasteiger partial charge on any atom is -0.493 e. The van der Waals surface area contributed by atoms with Crippen LogP contribution in [0.4, 0.5) is 0 Å². The van der Waals surface area contributed by atoms with Crippen molar-refractivity contribution in [1.29, 1.82) is 0 Å². The van der Waals surface area contributed by atoms with Crippen molar-refractivity contribution in [3.05, 3.63) is 52.3 Å². The van der Waals surface area contributed by atoms with Crippen molar-refractivity contribution >= 4 is 12.0 Å². The predicted molar refractivity (Wildman–Crippen MR) is 82.8 cm³/mol. The van der Waals surface area contributed by atoms with E-state index < -0.39 is 5.97 Å². The van der Waals surface area contributed by atoms with E-state index in [4.69, 9.17) is 9.84 Å². The Kier molecular flexibility index (Phi) is 4.73. The molecule has 0 aliphatic rings. The maximum Gasteiger partial charge on any atom is 0.328 e. The maximum atomic E-state index is 12.0. The molecule has 0 bridgehead atoms. The normalized spacial score (nSPS) is 10.8. The molecule has 0 aliphatic carbocycles. The molecule has 2 aromatic rings. The van der Waals surface area contributed by atoms with Gasteiger partial charge < -0.3 is 9.84 Å². The summed E-state index contributed by atoms with van der Waals surface area (Å²) in [5.41, 5.74) is 1.16. The third-order valence-electron chi connectivity index (χ3n) is 2.96. The Morgan fingerprint density at radius 3 is 2.82 bits per heavy atom. The Balaban J connectivity index is 2.58. The number of ether oxygens (including phenoxy) is 1. The number of aryl methyl sites for hydroxylation is 1. The van der Waals surface area contributed by atoms with Gasteiger partial charge in [0.05, 0.1) is 12.3 Å². The van der Waals surface area contributed by atoms with Crippen LogP contribution in [0, 0.1) is 0 Å². The van der Waals surface area contributed by atoms with Crippen molar-refractivity contribution in [2.24, 2.45) is 7.05 Å². The molecular formula is C16H16N2O4. The van der Waals surface area contributed by atoms with Gasteiger partial charge >= 0.3 is 5.97 Å². The molecule has 0 radical (unpaired) electrons. The van der Waals surface area contributed by atoms with Gasteiger partial charge in [0.15, 0.2) is 0 Å². The third kappa shape index (κ3) is 3.41. The van der Waals surface area contributed by atoms with Crippen LogP contribution in [0.2, 0.25) is 0 Å². The number of carboxylic acids is 1. The molecule has 1 N–H and O–H groups in total. The van der Waals surface area contributed by atoms with Crippen LogP contribution in [0.15, 0.2) is 41.2 Å². The molecule has 0 saturated heterocycles. The monoisotopic (exact) mass is 300 g/mol. The minimum atomic E-state index is -1.12. The molecule has 0 fully saturated rings. The number of hydrogen-bond acceptors (Lipinski definition) is 4. The van der Waals surface area contributed by atoms with Crippen LogP contribution in [-0.4, -0.2) is 27.5 Å². The van der Waals surface area contributed by atoms with Crippen LogP contribution < -0.4 is 10.3 Å². The third-order valence-corrected chi connectivity index (χ3v) is 2.96. The molecule has 22 heavy (non-hydrogen) atoms. The van der Waals surface area contributed by atoms with E-state index in [-0.39, 0.29) is 11.1 Å². The number of aliphatic carboxylic acids is 1. The van der Waals surface area contributed by atoms with Crippen molar-refractivity contribution in [3.8, 4) is 17.0 Å². The molecule has 1 aromatic carbocycles. The average molecular weight is 300 g/mol. The molecule has 2 rings (SSSR count). The van der Waals surface area contributed by atoms with Gasteiger partial charge in [-0.1, -0.05) is 12.1 Å². The van der Waals surface area contributed by atoms with Gasteiger partial charge in [0.1, 0.15) is 5.75 Å². The van der Waals surface area contributed by atoms with Crippen LogP contribution in [0.3, 0.4) is 0 Å². The molecule has 1 aromatic heterocycles. The topological polar surface area (TPSA) is 81.4 Å². The predicted octanol–water partition coefficient (Wildman–Crippen LogP) is 1.94. The lowest BCUT2D eigenvalue weighted by molar-refractivity contribution is -0.131. The lowest BCUT2D eigenvalue weighted by Gasteiger charge is -2.10. The van der Waals surface area contributed by atoms with Crippen LogP contribution >= 0.6 is 0 Å². The number of rotatable bonds is 5. The van der Waals surface area contributed by atoms with Gasteiger partial charge in [0.25, 0.3) is 5.56 Å². The molecule has 0 unspecified atom stereocenters. The zero-order chi connectivity index (χ0) is 16.1. The van der Waals surface area contributed by atoms with E-state index in [2.05, 4.69) is 5.10 Å². The summed E-state index contributed by atoms with van der Waals surface area (Å²) in [7, 11) is 1.52. The summed E-state index contributed by atoms with van der Waals surface area (Å²) in [5, 5.41) is 12.9. The van der Waals surface area contributed by atoms with Crippen LogP contribution in [-0.2, 0) is 11.8 Å². The number of carboxylic acid groups (broad SMARTS) is 1. The molecule has 6 heteroatoms. The van der Waals surface area contributed by atoms with E-state index in [0.717, 1.165) is 11.6 Å². The number of nitrogens with zero attached hydrogens (tertiary/aromatic N) is 2.